The van der Waals surface area contributed by atoms with Gasteiger partial charge in [-0.2, -0.15) is 0 Å². The van der Waals surface area contributed by atoms with E-state index in [0.29, 0.717) is 18.1 Å². The van der Waals surface area contributed by atoms with Crippen molar-refractivity contribution in [1.29, 1.82) is 0 Å². The Hall–Kier alpha value is -2.44. The topological polar surface area (TPSA) is 111 Å². The zero-order chi connectivity index (χ0) is 15.2. The molecule has 0 fully saturated rings. The smallest absolute Gasteiger partial charge is 0.267 e. The number of hydrogen-bond donors (Lipinski definition) is 3. The van der Waals surface area contributed by atoms with Gasteiger partial charge in [0.15, 0.2) is 0 Å². The molecular weight excluding hydrogens is 270 g/mol. The molecule has 0 aliphatic carbocycles. The number of carbonyl (C=O) groups is 1. The third-order valence-electron chi connectivity index (χ3n) is 2.85. The largest absolute Gasteiger partial charge is 0.439 e. The molecule has 1 amide bonds. The van der Waals surface area contributed by atoms with Crippen LogP contribution in [-0.4, -0.2) is 28.6 Å². The quantitative estimate of drug-likeness (QED) is 0.728. The lowest BCUT2D eigenvalue weighted by atomic mass is 10.1. The van der Waals surface area contributed by atoms with E-state index in [-0.39, 0.29) is 18.3 Å². The molecule has 1 aromatic heterocycles. The number of aromatic nitrogens is 1. The molecule has 6 nitrogen and oxygen atoms in total. The molecule has 5 N–H and O–H groups in total. The van der Waals surface area contributed by atoms with Crippen LogP contribution in [0.25, 0.3) is 0 Å². The van der Waals surface area contributed by atoms with Crippen molar-refractivity contribution in [2.75, 3.05) is 6.61 Å². The molecular formula is C15H17N3O3. The van der Waals surface area contributed by atoms with Crippen LogP contribution in [0.15, 0.2) is 42.5 Å². The van der Waals surface area contributed by atoms with Crippen LogP contribution >= 0.6 is 0 Å². The monoisotopic (exact) mass is 287 g/mol. The third kappa shape index (κ3) is 4.27. The molecule has 0 spiro atoms. The number of amides is 1. The minimum Gasteiger partial charge on any atom is -0.439 e. The highest BCUT2D eigenvalue weighted by molar-refractivity contribution is 5.90. The van der Waals surface area contributed by atoms with E-state index in [0.717, 1.165) is 5.56 Å². The number of benzene rings is 1. The fourth-order valence-electron chi connectivity index (χ4n) is 1.79. The summed E-state index contributed by atoms with van der Waals surface area (Å²) in [6.07, 6.45) is 0.589. The van der Waals surface area contributed by atoms with E-state index in [9.17, 15) is 4.79 Å². The molecule has 0 bridgehead atoms. The van der Waals surface area contributed by atoms with E-state index < -0.39 is 5.91 Å². The number of rotatable bonds is 6. The first-order valence-corrected chi connectivity index (χ1v) is 6.48. The van der Waals surface area contributed by atoms with Gasteiger partial charge in [-0.05, 0) is 30.2 Å². The Morgan fingerprint density at radius 2 is 1.95 bits per heavy atom. The molecule has 110 valence electrons. The molecule has 0 saturated heterocycles. The van der Waals surface area contributed by atoms with Crippen molar-refractivity contribution in [3.05, 3.63) is 53.7 Å². The standard InChI is InChI=1S/C15H17N3O3/c16-11(9-19)8-10-4-6-12(7-5-10)21-14-3-1-2-13(18-14)15(17)20/h1-7,11,19H,8-9,16H2,(H2,17,20). The number of aliphatic hydroxyl groups is 1. The summed E-state index contributed by atoms with van der Waals surface area (Å²) < 4.78 is 5.56. The number of nitrogens with zero attached hydrogens (tertiary/aromatic N) is 1. The lowest BCUT2D eigenvalue weighted by Gasteiger charge is -2.09. The zero-order valence-corrected chi connectivity index (χ0v) is 11.4. The second kappa shape index (κ2) is 6.83. The third-order valence-corrected chi connectivity index (χ3v) is 2.85. The summed E-state index contributed by atoms with van der Waals surface area (Å²) in [6.45, 7) is -0.0535. The summed E-state index contributed by atoms with van der Waals surface area (Å²) in [5, 5.41) is 8.92. The van der Waals surface area contributed by atoms with Gasteiger partial charge in [-0.25, -0.2) is 4.98 Å². The molecule has 1 aromatic carbocycles. The van der Waals surface area contributed by atoms with Gasteiger partial charge in [0.2, 0.25) is 5.88 Å². The number of nitrogens with two attached hydrogens (primary N) is 2. The van der Waals surface area contributed by atoms with Crippen LogP contribution in [0.3, 0.4) is 0 Å². The Morgan fingerprint density at radius 3 is 2.57 bits per heavy atom. The molecule has 0 radical (unpaired) electrons. The molecule has 21 heavy (non-hydrogen) atoms. The van der Waals surface area contributed by atoms with Crippen molar-refractivity contribution in [3.63, 3.8) is 0 Å². The van der Waals surface area contributed by atoms with Crippen molar-refractivity contribution in [2.24, 2.45) is 11.5 Å². The van der Waals surface area contributed by atoms with Crippen molar-refractivity contribution < 1.29 is 14.6 Å². The summed E-state index contributed by atoms with van der Waals surface area (Å²) in [4.78, 5) is 15.1. The maximum atomic E-state index is 11.1. The van der Waals surface area contributed by atoms with Gasteiger partial charge in [-0.3, -0.25) is 4.79 Å². The summed E-state index contributed by atoms with van der Waals surface area (Å²) in [6, 6.07) is 11.8. The summed E-state index contributed by atoms with van der Waals surface area (Å²) >= 11 is 0. The number of carbonyl (C=O) groups excluding carboxylic acids is 1. The minimum absolute atomic E-state index is 0.0535. The molecule has 0 saturated carbocycles. The van der Waals surface area contributed by atoms with Gasteiger partial charge in [0, 0.05) is 12.1 Å². The zero-order valence-electron chi connectivity index (χ0n) is 11.4. The second-order valence-electron chi connectivity index (χ2n) is 4.62. The van der Waals surface area contributed by atoms with Gasteiger partial charge in [0.05, 0.1) is 6.61 Å². The molecule has 1 atom stereocenters. The molecule has 1 heterocycles. The predicted octanol–water partition coefficient (Wildman–Crippen LogP) is 0.835. The van der Waals surface area contributed by atoms with Gasteiger partial charge in [0.25, 0.3) is 5.91 Å². The van der Waals surface area contributed by atoms with E-state index in [4.69, 9.17) is 21.3 Å². The predicted molar refractivity (Wildman–Crippen MR) is 78.0 cm³/mol. The fourth-order valence-corrected chi connectivity index (χ4v) is 1.79. The van der Waals surface area contributed by atoms with Crippen molar-refractivity contribution in [1.82, 2.24) is 4.98 Å². The number of primary amides is 1. The van der Waals surface area contributed by atoms with Gasteiger partial charge in [-0.1, -0.05) is 18.2 Å². The first-order chi connectivity index (χ1) is 10.1. The molecule has 2 aromatic rings. The summed E-state index contributed by atoms with van der Waals surface area (Å²) in [5.74, 6) is 0.283. The maximum Gasteiger partial charge on any atom is 0.267 e. The van der Waals surface area contributed by atoms with Crippen LogP contribution in [0.4, 0.5) is 0 Å². The SMILES string of the molecule is NC(=O)c1cccc(Oc2ccc(CC(N)CO)cc2)n1. The van der Waals surface area contributed by atoms with Crippen molar-refractivity contribution in [2.45, 2.75) is 12.5 Å². The molecule has 1 unspecified atom stereocenters. The van der Waals surface area contributed by atoms with E-state index in [2.05, 4.69) is 4.98 Å². The molecule has 0 aliphatic heterocycles. The second-order valence-corrected chi connectivity index (χ2v) is 4.62. The van der Waals surface area contributed by atoms with Crippen molar-refractivity contribution >= 4 is 5.91 Å². The number of hydrogen-bond acceptors (Lipinski definition) is 5. The number of ether oxygens (including phenoxy) is 1. The normalized spacial score (nSPS) is 11.9. The summed E-state index contributed by atoms with van der Waals surface area (Å²) in [7, 11) is 0. The van der Waals surface area contributed by atoms with Crippen LogP contribution in [0.1, 0.15) is 16.1 Å². The van der Waals surface area contributed by atoms with Crippen LogP contribution in [0.5, 0.6) is 11.6 Å². The Bertz CT molecular complexity index is 614. The lowest BCUT2D eigenvalue weighted by Crippen LogP contribution is -2.26. The highest BCUT2D eigenvalue weighted by Gasteiger charge is 2.06. The highest BCUT2D eigenvalue weighted by Crippen LogP contribution is 2.20. The minimum atomic E-state index is -0.603. The van der Waals surface area contributed by atoms with Crippen LogP contribution in [0.2, 0.25) is 0 Å². The average molecular weight is 287 g/mol. The summed E-state index contributed by atoms with van der Waals surface area (Å²) in [5.41, 5.74) is 12.0. The van der Waals surface area contributed by atoms with Crippen LogP contribution < -0.4 is 16.2 Å². The van der Waals surface area contributed by atoms with Crippen molar-refractivity contribution in [3.8, 4) is 11.6 Å². The first kappa shape index (κ1) is 15.0. The van der Waals surface area contributed by atoms with Crippen LogP contribution in [0, 0.1) is 0 Å². The highest BCUT2D eigenvalue weighted by atomic mass is 16.5. The van der Waals surface area contributed by atoms with Crippen LogP contribution in [-0.2, 0) is 6.42 Å². The Balaban J connectivity index is 2.06. The Morgan fingerprint density at radius 1 is 1.24 bits per heavy atom. The number of aliphatic hydroxyl groups excluding tert-OH is 1. The molecule has 6 heteroatoms. The van der Waals surface area contributed by atoms with Gasteiger partial charge >= 0.3 is 0 Å². The van der Waals surface area contributed by atoms with Gasteiger partial charge in [-0.15, -0.1) is 0 Å². The van der Waals surface area contributed by atoms with E-state index in [1.54, 1.807) is 24.3 Å². The van der Waals surface area contributed by atoms with E-state index >= 15 is 0 Å². The average Bonchev–Trinajstić information content (AvgIpc) is 2.49. The maximum absolute atomic E-state index is 11.1. The van der Waals surface area contributed by atoms with E-state index in [1.807, 2.05) is 12.1 Å². The molecule has 0 aliphatic rings. The van der Waals surface area contributed by atoms with Gasteiger partial charge in [0.1, 0.15) is 11.4 Å². The van der Waals surface area contributed by atoms with Gasteiger partial charge < -0.3 is 21.3 Å². The van der Waals surface area contributed by atoms with E-state index in [1.165, 1.54) is 6.07 Å². The first-order valence-electron chi connectivity index (χ1n) is 6.48. The Kier molecular flexibility index (Phi) is 4.86. The lowest BCUT2D eigenvalue weighted by molar-refractivity contribution is 0.0995. The fraction of sp³-hybridized carbons (Fsp3) is 0.200. The Labute approximate surface area is 122 Å². The number of pyridine rings is 1. The molecule has 2 rings (SSSR count).